The largest absolute Gasteiger partial charge is 0.356 e. The summed E-state index contributed by atoms with van der Waals surface area (Å²) in [5.41, 5.74) is 3.05. The molecule has 0 bridgehead atoms. The van der Waals surface area contributed by atoms with Gasteiger partial charge in [0, 0.05) is 12.2 Å². The van der Waals surface area contributed by atoms with E-state index in [4.69, 9.17) is 0 Å². The first kappa shape index (κ1) is 14.6. The molecule has 1 saturated carbocycles. The molecule has 2 amide bonds. The second-order valence-electron chi connectivity index (χ2n) is 5.61. The number of carbonyl (C=O) groups excluding carboxylic acids is 2. The topological polar surface area (TPSA) is 58.2 Å². The number of carbonyl (C=O) groups is 2. The third kappa shape index (κ3) is 3.59. The molecule has 0 heterocycles. The van der Waals surface area contributed by atoms with E-state index in [0.29, 0.717) is 13.0 Å². The number of nitrogens with one attached hydrogen (secondary N) is 2. The van der Waals surface area contributed by atoms with Crippen molar-refractivity contribution in [3.63, 3.8) is 0 Å². The van der Waals surface area contributed by atoms with Crippen molar-refractivity contribution in [2.75, 3.05) is 11.9 Å². The van der Waals surface area contributed by atoms with Crippen molar-refractivity contribution in [2.45, 2.75) is 33.6 Å². The molecule has 0 aromatic heterocycles. The van der Waals surface area contributed by atoms with Gasteiger partial charge in [-0.25, -0.2) is 0 Å². The minimum absolute atomic E-state index is 0.00687. The maximum absolute atomic E-state index is 12.1. The molecule has 4 nitrogen and oxygen atoms in total. The number of hydrogen-bond acceptors (Lipinski definition) is 2. The van der Waals surface area contributed by atoms with Crippen molar-refractivity contribution in [1.29, 1.82) is 0 Å². The standard InChI is InChI=1S/C16H22N2O2/c1-4-5-17-15(19)13-9-14(13)16(20)18-12-7-10(2)6-11(3)8-12/h6-8,13-14H,4-5,9H2,1-3H3,(H,17,19)(H,18,20). The van der Waals surface area contributed by atoms with Gasteiger partial charge in [-0.15, -0.1) is 0 Å². The zero-order valence-electron chi connectivity index (χ0n) is 12.3. The minimum atomic E-state index is -0.173. The van der Waals surface area contributed by atoms with E-state index in [9.17, 15) is 9.59 Å². The van der Waals surface area contributed by atoms with E-state index in [1.165, 1.54) is 0 Å². The van der Waals surface area contributed by atoms with E-state index in [-0.39, 0.29) is 23.7 Å². The zero-order chi connectivity index (χ0) is 14.7. The average molecular weight is 274 g/mol. The Kier molecular flexibility index (Phi) is 4.42. The summed E-state index contributed by atoms with van der Waals surface area (Å²) >= 11 is 0. The summed E-state index contributed by atoms with van der Waals surface area (Å²) in [4.78, 5) is 23.8. The van der Waals surface area contributed by atoms with Crippen molar-refractivity contribution in [3.05, 3.63) is 29.3 Å². The Labute approximate surface area is 119 Å². The summed E-state index contributed by atoms with van der Waals surface area (Å²) in [5, 5.41) is 5.75. The van der Waals surface area contributed by atoms with E-state index in [0.717, 1.165) is 23.2 Å². The van der Waals surface area contributed by atoms with E-state index in [1.807, 2.05) is 32.9 Å². The molecule has 4 heteroatoms. The lowest BCUT2D eigenvalue weighted by Gasteiger charge is -2.07. The minimum Gasteiger partial charge on any atom is -0.356 e. The molecule has 1 aromatic rings. The summed E-state index contributed by atoms with van der Waals surface area (Å²) in [7, 11) is 0. The van der Waals surface area contributed by atoms with Crippen molar-refractivity contribution < 1.29 is 9.59 Å². The van der Waals surface area contributed by atoms with Gasteiger partial charge in [-0.2, -0.15) is 0 Å². The second kappa shape index (κ2) is 6.07. The molecule has 1 aliphatic rings. The molecule has 1 aromatic carbocycles. The second-order valence-corrected chi connectivity index (χ2v) is 5.61. The van der Waals surface area contributed by atoms with Gasteiger partial charge in [0.1, 0.15) is 0 Å². The van der Waals surface area contributed by atoms with E-state index < -0.39 is 0 Å². The van der Waals surface area contributed by atoms with Crippen LogP contribution in [-0.2, 0) is 9.59 Å². The fourth-order valence-corrected chi connectivity index (χ4v) is 2.44. The molecule has 2 N–H and O–H groups in total. The molecular formula is C16H22N2O2. The van der Waals surface area contributed by atoms with Crippen LogP contribution in [0.25, 0.3) is 0 Å². The van der Waals surface area contributed by atoms with E-state index >= 15 is 0 Å². The monoisotopic (exact) mass is 274 g/mol. The van der Waals surface area contributed by atoms with Gasteiger partial charge in [0.15, 0.2) is 0 Å². The van der Waals surface area contributed by atoms with Crippen molar-refractivity contribution in [3.8, 4) is 0 Å². The summed E-state index contributed by atoms with van der Waals surface area (Å²) in [6, 6.07) is 5.95. The van der Waals surface area contributed by atoms with Crippen LogP contribution in [0.3, 0.4) is 0 Å². The van der Waals surface area contributed by atoms with E-state index in [1.54, 1.807) is 0 Å². The quantitative estimate of drug-likeness (QED) is 0.866. The lowest BCUT2D eigenvalue weighted by atomic mass is 10.1. The molecule has 0 saturated heterocycles. The first-order valence-electron chi connectivity index (χ1n) is 7.18. The Bertz CT molecular complexity index is 505. The lowest BCUT2D eigenvalue weighted by Crippen LogP contribution is -2.28. The SMILES string of the molecule is CCCNC(=O)C1CC1C(=O)Nc1cc(C)cc(C)c1. The number of anilines is 1. The maximum Gasteiger partial charge on any atom is 0.228 e. The first-order valence-corrected chi connectivity index (χ1v) is 7.18. The Hall–Kier alpha value is -1.84. The molecule has 2 rings (SSSR count). The maximum atomic E-state index is 12.1. The summed E-state index contributed by atoms with van der Waals surface area (Å²) in [6.07, 6.45) is 1.57. The Balaban J connectivity index is 1.89. The van der Waals surface area contributed by atoms with Gasteiger partial charge in [-0.3, -0.25) is 9.59 Å². The molecule has 1 aliphatic carbocycles. The third-order valence-corrected chi connectivity index (χ3v) is 3.50. The van der Waals surface area contributed by atoms with Crippen LogP contribution in [0.4, 0.5) is 5.69 Å². The summed E-state index contributed by atoms with van der Waals surface area (Å²) < 4.78 is 0. The smallest absolute Gasteiger partial charge is 0.228 e. The molecule has 20 heavy (non-hydrogen) atoms. The predicted octanol–water partition coefficient (Wildman–Crippen LogP) is 2.40. The van der Waals surface area contributed by atoms with Gasteiger partial charge in [0.05, 0.1) is 11.8 Å². The fraction of sp³-hybridized carbons (Fsp3) is 0.500. The number of aryl methyl sites for hydroxylation is 2. The highest BCUT2D eigenvalue weighted by atomic mass is 16.2. The van der Waals surface area contributed by atoms with Gasteiger partial charge in [-0.05, 0) is 49.9 Å². The van der Waals surface area contributed by atoms with Crippen LogP contribution < -0.4 is 10.6 Å². The number of rotatable bonds is 5. The molecule has 0 spiro atoms. The molecule has 2 atom stereocenters. The van der Waals surface area contributed by atoms with Crippen LogP contribution in [0.1, 0.15) is 30.9 Å². The number of hydrogen-bond donors (Lipinski definition) is 2. The van der Waals surface area contributed by atoms with Gasteiger partial charge in [-0.1, -0.05) is 13.0 Å². The van der Waals surface area contributed by atoms with Crippen molar-refractivity contribution >= 4 is 17.5 Å². The molecule has 0 aliphatic heterocycles. The molecule has 108 valence electrons. The first-order chi connectivity index (χ1) is 9.51. The molecule has 1 fully saturated rings. The van der Waals surface area contributed by atoms with Gasteiger partial charge < -0.3 is 10.6 Å². The number of benzene rings is 1. The van der Waals surface area contributed by atoms with Crippen molar-refractivity contribution in [1.82, 2.24) is 5.32 Å². The van der Waals surface area contributed by atoms with Crippen LogP contribution in [0.2, 0.25) is 0 Å². The molecule has 0 radical (unpaired) electrons. The van der Waals surface area contributed by atoms with Gasteiger partial charge >= 0.3 is 0 Å². The van der Waals surface area contributed by atoms with Gasteiger partial charge in [0.2, 0.25) is 11.8 Å². The lowest BCUT2D eigenvalue weighted by molar-refractivity contribution is -0.125. The van der Waals surface area contributed by atoms with Crippen LogP contribution in [-0.4, -0.2) is 18.4 Å². The molecular weight excluding hydrogens is 252 g/mol. The highest BCUT2D eigenvalue weighted by Gasteiger charge is 2.47. The highest BCUT2D eigenvalue weighted by Crippen LogP contribution is 2.39. The van der Waals surface area contributed by atoms with Crippen molar-refractivity contribution in [2.24, 2.45) is 11.8 Å². The van der Waals surface area contributed by atoms with Crippen LogP contribution >= 0.6 is 0 Å². The Morgan fingerprint density at radius 1 is 1.10 bits per heavy atom. The fourth-order valence-electron chi connectivity index (χ4n) is 2.44. The van der Waals surface area contributed by atoms with Gasteiger partial charge in [0.25, 0.3) is 0 Å². The number of amides is 2. The highest BCUT2D eigenvalue weighted by molar-refractivity contribution is 5.99. The Morgan fingerprint density at radius 3 is 2.30 bits per heavy atom. The normalized spacial score (nSPS) is 20.4. The molecule has 2 unspecified atom stereocenters. The van der Waals surface area contributed by atoms with Crippen LogP contribution in [0.5, 0.6) is 0 Å². The van der Waals surface area contributed by atoms with Crippen LogP contribution in [0.15, 0.2) is 18.2 Å². The van der Waals surface area contributed by atoms with E-state index in [2.05, 4.69) is 16.7 Å². The van der Waals surface area contributed by atoms with Crippen LogP contribution in [0, 0.1) is 25.7 Å². The Morgan fingerprint density at radius 2 is 1.70 bits per heavy atom. The predicted molar refractivity (Wildman–Crippen MR) is 79.4 cm³/mol. The summed E-state index contributed by atoms with van der Waals surface area (Å²) in [5.74, 6) is -0.362. The third-order valence-electron chi connectivity index (χ3n) is 3.50. The summed E-state index contributed by atoms with van der Waals surface area (Å²) in [6.45, 7) is 6.69. The average Bonchev–Trinajstić information content (AvgIpc) is 3.14. The zero-order valence-corrected chi connectivity index (χ0v) is 12.3.